The van der Waals surface area contributed by atoms with Crippen LogP contribution in [0, 0.1) is 18.4 Å². The topological polar surface area (TPSA) is 48.2 Å². The van der Waals surface area contributed by atoms with Crippen LogP contribution in [0.1, 0.15) is 5.56 Å². The molecule has 0 unspecified atom stereocenters. The summed E-state index contributed by atoms with van der Waals surface area (Å²) in [6.45, 7) is 2.02. The number of aryl methyl sites for hydroxylation is 1. The van der Waals surface area contributed by atoms with Gasteiger partial charge in [-0.2, -0.15) is 5.26 Å². The number of rotatable bonds is 2. The van der Waals surface area contributed by atoms with Crippen LogP contribution in [0.2, 0.25) is 0 Å². The maximum absolute atomic E-state index is 8.65. The second-order valence-corrected chi connectivity index (χ2v) is 5.02. The van der Waals surface area contributed by atoms with E-state index in [-0.39, 0.29) is 0 Å². The molecule has 0 fully saturated rings. The van der Waals surface area contributed by atoms with Gasteiger partial charge in [-0.25, -0.2) is 4.99 Å². The van der Waals surface area contributed by atoms with Gasteiger partial charge in [-0.3, -0.25) is 5.32 Å². The highest BCUT2D eigenvalue weighted by Crippen LogP contribution is 2.26. The maximum Gasteiger partial charge on any atom is 0.183 e. The molecule has 0 amide bonds. The minimum Gasteiger partial charge on any atom is -0.271 e. The molecule has 2 aromatic rings. The van der Waals surface area contributed by atoms with Crippen molar-refractivity contribution in [2.24, 2.45) is 4.99 Å². The minimum atomic E-state index is 0.600. The van der Waals surface area contributed by atoms with Crippen LogP contribution in [0.4, 0.5) is 5.69 Å². The van der Waals surface area contributed by atoms with Gasteiger partial charge in [0.15, 0.2) is 11.4 Å². The number of thioether (sulfide) groups is 1. The molecular formula is C16H15N3S. The van der Waals surface area contributed by atoms with Gasteiger partial charge in [0.25, 0.3) is 0 Å². The van der Waals surface area contributed by atoms with E-state index in [2.05, 4.69) is 28.5 Å². The van der Waals surface area contributed by atoms with Crippen molar-refractivity contribution in [1.29, 1.82) is 5.26 Å². The van der Waals surface area contributed by atoms with E-state index in [1.807, 2.05) is 49.7 Å². The van der Waals surface area contributed by atoms with Crippen molar-refractivity contribution in [3.63, 3.8) is 0 Å². The second kappa shape index (κ2) is 6.78. The van der Waals surface area contributed by atoms with Crippen LogP contribution < -0.4 is 5.32 Å². The molecule has 0 spiro atoms. The SMILES string of the molecule is CSC(=Nc1ccc(-c2ccccc2)cc1C)NC#N. The van der Waals surface area contributed by atoms with Gasteiger partial charge in [0, 0.05) is 0 Å². The summed E-state index contributed by atoms with van der Waals surface area (Å²) in [6, 6.07) is 16.4. The highest BCUT2D eigenvalue weighted by molar-refractivity contribution is 8.13. The number of nitriles is 1. The molecule has 20 heavy (non-hydrogen) atoms. The molecule has 0 aromatic heterocycles. The molecule has 1 N–H and O–H groups in total. The first-order valence-electron chi connectivity index (χ1n) is 6.18. The van der Waals surface area contributed by atoms with Gasteiger partial charge in [-0.05, 0) is 42.0 Å². The fourth-order valence-corrected chi connectivity index (χ4v) is 2.21. The Morgan fingerprint density at radius 3 is 2.50 bits per heavy atom. The lowest BCUT2D eigenvalue weighted by Gasteiger charge is -2.07. The van der Waals surface area contributed by atoms with Gasteiger partial charge in [0.2, 0.25) is 0 Å². The lowest BCUT2D eigenvalue weighted by molar-refractivity contribution is 1.27. The van der Waals surface area contributed by atoms with Crippen LogP contribution in [0.5, 0.6) is 0 Å². The molecule has 0 aliphatic heterocycles. The quantitative estimate of drug-likeness (QED) is 0.390. The highest BCUT2D eigenvalue weighted by Gasteiger charge is 2.03. The Kier molecular flexibility index (Phi) is 4.80. The van der Waals surface area contributed by atoms with Gasteiger partial charge in [0.1, 0.15) is 0 Å². The summed E-state index contributed by atoms with van der Waals surface area (Å²) < 4.78 is 0. The third kappa shape index (κ3) is 3.40. The molecule has 0 aliphatic rings. The summed E-state index contributed by atoms with van der Waals surface area (Å²) in [5.74, 6) is 0. The summed E-state index contributed by atoms with van der Waals surface area (Å²) in [5.41, 5.74) is 4.31. The smallest absolute Gasteiger partial charge is 0.183 e. The molecule has 0 radical (unpaired) electrons. The molecule has 0 atom stereocenters. The van der Waals surface area contributed by atoms with E-state index in [1.54, 1.807) is 0 Å². The third-order valence-electron chi connectivity index (χ3n) is 2.88. The summed E-state index contributed by atoms with van der Waals surface area (Å²) in [4.78, 5) is 4.45. The largest absolute Gasteiger partial charge is 0.271 e. The summed E-state index contributed by atoms with van der Waals surface area (Å²) in [7, 11) is 0. The zero-order valence-corrected chi connectivity index (χ0v) is 12.2. The van der Waals surface area contributed by atoms with E-state index in [1.165, 1.54) is 22.9 Å². The van der Waals surface area contributed by atoms with Crippen molar-refractivity contribution in [3.05, 3.63) is 54.1 Å². The Hall–Kier alpha value is -2.25. The molecule has 100 valence electrons. The van der Waals surface area contributed by atoms with E-state index < -0.39 is 0 Å². The Bertz CT molecular complexity index is 657. The van der Waals surface area contributed by atoms with E-state index in [0.717, 1.165) is 11.3 Å². The van der Waals surface area contributed by atoms with E-state index in [9.17, 15) is 0 Å². The van der Waals surface area contributed by atoms with Crippen LogP contribution in [0.15, 0.2) is 53.5 Å². The Morgan fingerprint density at radius 2 is 1.90 bits per heavy atom. The number of nitrogens with one attached hydrogen (secondary N) is 1. The number of aliphatic imine (C=N–C) groups is 1. The average molecular weight is 281 g/mol. The molecule has 0 heterocycles. The van der Waals surface area contributed by atoms with E-state index in [0.29, 0.717) is 5.17 Å². The molecule has 3 nitrogen and oxygen atoms in total. The molecule has 2 aromatic carbocycles. The monoisotopic (exact) mass is 281 g/mol. The first-order chi connectivity index (χ1) is 9.74. The van der Waals surface area contributed by atoms with Gasteiger partial charge in [0.05, 0.1) is 5.69 Å². The normalized spacial score (nSPS) is 10.9. The summed E-state index contributed by atoms with van der Waals surface area (Å²) in [5, 5.41) is 11.8. The van der Waals surface area contributed by atoms with Crippen molar-refractivity contribution in [1.82, 2.24) is 5.32 Å². The van der Waals surface area contributed by atoms with Crippen LogP contribution in [0.3, 0.4) is 0 Å². The van der Waals surface area contributed by atoms with Gasteiger partial charge >= 0.3 is 0 Å². The van der Waals surface area contributed by atoms with E-state index in [4.69, 9.17) is 5.26 Å². The number of hydrogen-bond acceptors (Lipinski definition) is 3. The van der Waals surface area contributed by atoms with E-state index >= 15 is 0 Å². The predicted molar refractivity (Wildman–Crippen MR) is 86.0 cm³/mol. The predicted octanol–water partition coefficient (Wildman–Crippen LogP) is 4.08. The van der Waals surface area contributed by atoms with Crippen LogP contribution in [-0.2, 0) is 0 Å². The molecular weight excluding hydrogens is 266 g/mol. The zero-order chi connectivity index (χ0) is 14.4. The minimum absolute atomic E-state index is 0.600. The van der Waals surface area contributed by atoms with Crippen molar-refractivity contribution < 1.29 is 0 Å². The number of nitrogens with zero attached hydrogens (tertiary/aromatic N) is 2. The Labute approximate surface area is 123 Å². The van der Waals surface area contributed by atoms with Crippen molar-refractivity contribution >= 4 is 22.6 Å². The number of hydrogen-bond donors (Lipinski definition) is 1. The van der Waals surface area contributed by atoms with Crippen LogP contribution in [-0.4, -0.2) is 11.4 Å². The fraction of sp³-hybridized carbons (Fsp3) is 0.125. The fourth-order valence-electron chi connectivity index (χ4n) is 1.87. The lowest BCUT2D eigenvalue weighted by atomic mass is 10.0. The van der Waals surface area contributed by atoms with Crippen molar-refractivity contribution in [3.8, 4) is 17.3 Å². The van der Waals surface area contributed by atoms with Gasteiger partial charge in [-0.15, -0.1) is 0 Å². The Morgan fingerprint density at radius 1 is 1.15 bits per heavy atom. The number of benzene rings is 2. The average Bonchev–Trinajstić information content (AvgIpc) is 2.49. The standard InChI is InChI=1S/C16H15N3S/c1-12-10-14(13-6-4-3-5-7-13)8-9-15(12)19-16(20-2)18-11-17/h3-10H,1-2H3,(H,18,19). The molecule has 0 bridgehead atoms. The van der Waals surface area contributed by atoms with Crippen LogP contribution in [0.25, 0.3) is 11.1 Å². The van der Waals surface area contributed by atoms with Crippen molar-refractivity contribution in [2.75, 3.05) is 6.26 Å². The first-order valence-corrected chi connectivity index (χ1v) is 7.41. The number of amidine groups is 1. The zero-order valence-electron chi connectivity index (χ0n) is 11.4. The molecule has 0 saturated heterocycles. The summed E-state index contributed by atoms with van der Waals surface area (Å²) >= 11 is 1.42. The molecule has 0 aliphatic carbocycles. The van der Waals surface area contributed by atoms with Crippen LogP contribution >= 0.6 is 11.8 Å². The molecule has 0 saturated carbocycles. The molecule has 2 rings (SSSR count). The lowest BCUT2D eigenvalue weighted by Crippen LogP contribution is -2.12. The van der Waals surface area contributed by atoms with Crippen molar-refractivity contribution in [2.45, 2.75) is 6.92 Å². The highest BCUT2D eigenvalue weighted by atomic mass is 32.2. The Balaban J connectivity index is 2.34. The summed E-state index contributed by atoms with van der Waals surface area (Å²) in [6.07, 6.45) is 3.78. The maximum atomic E-state index is 8.65. The van der Waals surface area contributed by atoms with Gasteiger partial charge < -0.3 is 0 Å². The third-order valence-corrected chi connectivity index (χ3v) is 3.46. The second-order valence-electron chi connectivity index (χ2n) is 4.23. The van der Waals surface area contributed by atoms with Gasteiger partial charge in [-0.1, -0.05) is 48.2 Å². The molecule has 4 heteroatoms. The first kappa shape index (κ1) is 14.2.